The number of phenols is 1. The second-order valence-corrected chi connectivity index (χ2v) is 8.49. The Labute approximate surface area is 157 Å². The Kier molecular flexibility index (Phi) is 5.41. The summed E-state index contributed by atoms with van der Waals surface area (Å²) in [5.41, 5.74) is 2.59. The van der Waals surface area contributed by atoms with Crippen molar-refractivity contribution in [2.45, 2.75) is 18.7 Å². The van der Waals surface area contributed by atoms with Crippen LogP contribution in [-0.2, 0) is 10.0 Å². The normalized spacial score (nSPS) is 11.8. The molecule has 1 heterocycles. The summed E-state index contributed by atoms with van der Waals surface area (Å²) in [6.07, 6.45) is 0. The molecule has 1 N–H and O–H groups in total. The summed E-state index contributed by atoms with van der Waals surface area (Å²) in [4.78, 5) is 4.91. The first-order chi connectivity index (χ1) is 12.5. The number of aromatic hydroxyl groups is 1. The molecule has 0 saturated heterocycles. The van der Waals surface area contributed by atoms with Crippen LogP contribution in [0.1, 0.15) is 13.8 Å². The highest BCUT2D eigenvalue weighted by molar-refractivity contribution is 7.89. The first-order valence-corrected chi connectivity index (χ1v) is 10.6. The van der Waals surface area contributed by atoms with Crippen LogP contribution in [0.3, 0.4) is 0 Å². The number of sulfonamides is 1. The highest BCUT2D eigenvalue weighted by Gasteiger charge is 2.21. The highest BCUT2D eigenvalue weighted by atomic mass is 32.2. The molecule has 0 unspecified atom stereocenters. The minimum absolute atomic E-state index is 0.218. The Balaban J connectivity index is 1.87. The summed E-state index contributed by atoms with van der Waals surface area (Å²) >= 11 is 1.51. The first kappa shape index (κ1) is 18.6. The molecular formula is C19H20N2O3S2. The van der Waals surface area contributed by atoms with Crippen molar-refractivity contribution in [3.63, 3.8) is 0 Å². The second-order valence-electron chi connectivity index (χ2n) is 5.70. The monoisotopic (exact) mass is 388 g/mol. The predicted octanol–water partition coefficient (Wildman–Crippen LogP) is 4.21. The average Bonchev–Trinajstić information content (AvgIpc) is 3.13. The van der Waals surface area contributed by atoms with Gasteiger partial charge in [0.25, 0.3) is 0 Å². The van der Waals surface area contributed by atoms with E-state index in [1.807, 2.05) is 31.4 Å². The van der Waals surface area contributed by atoms with Crippen molar-refractivity contribution in [3.05, 3.63) is 53.9 Å². The molecule has 0 aliphatic heterocycles. The van der Waals surface area contributed by atoms with Gasteiger partial charge >= 0.3 is 0 Å². The molecule has 0 aliphatic carbocycles. The lowest BCUT2D eigenvalue weighted by Gasteiger charge is -2.18. The minimum atomic E-state index is -3.45. The number of phenolic OH excluding ortho intramolecular Hbond substituents is 1. The lowest BCUT2D eigenvalue weighted by Crippen LogP contribution is -2.30. The van der Waals surface area contributed by atoms with Gasteiger partial charge in [-0.15, -0.1) is 11.3 Å². The fraction of sp³-hybridized carbons (Fsp3) is 0.211. The fourth-order valence-corrected chi connectivity index (χ4v) is 4.95. The van der Waals surface area contributed by atoms with Gasteiger partial charge in [0.05, 0.1) is 10.6 Å². The molecule has 0 fully saturated rings. The maximum atomic E-state index is 12.6. The molecule has 5 nitrogen and oxygen atoms in total. The third-order valence-electron chi connectivity index (χ3n) is 4.11. The number of hydrogen-bond acceptors (Lipinski definition) is 5. The molecule has 0 amide bonds. The van der Waals surface area contributed by atoms with Gasteiger partial charge in [-0.2, -0.15) is 4.31 Å². The Morgan fingerprint density at radius 2 is 1.54 bits per heavy atom. The van der Waals surface area contributed by atoms with E-state index in [0.717, 1.165) is 21.8 Å². The third-order valence-corrected chi connectivity index (χ3v) is 7.07. The van der Waals surface area contributed by atoms with Crippen molar-refractivity contribution in [3.8, 4) is 27.6 Å². The van der Waals surface area contributed by atoms with E-state index in [1.54, 1.807) is 36.4 Å². The van der Waals surface area contributed by atoms with Crippen molar-refractivity contribution in [1.82, 2.24) is 9.29 Å². The number of hydrogen-bond donors (Lipinski definition) is 1. The van der Waals surface area contributed by atoms with Crippen molar-refractivity contribution in [2.24, 2.45) is 0 Å². The summed E-state index contributed by atoms with van der Waals surface area (Å²) < 4.78 is 26.5. The van der Waals surface area contributed by atoms with Crippen LogP contribution in [0.15, 0.2) is 58.8 Å². The van der Waals surface area contributed by atoms with Gasteiger partial charge in [0, 0.05) is 29.6 Å². The van der Waals surface area contributed by atoms with E-state index in [4.69, 9.17) is 0 Å². The van der Waals surface area contributed by atoms with E-state index in [1.165, 1.54) is 15.6 Å². The quantitative estimate of drug-likeness (QED) is 0.687. The van der Waals surface area contributed by atoms with Gasteiger partial charge in [-0.3, -0.25) is 0 Å². The zero-order valence-corrected chi connectivity index (χ0v) is 16.2. The molecule has 7 heteroatoms. The van der Waals surface area contributed by atoms with Gasteiger partial charge in [0.15, 0.2) is 0 Å². The Morgan fingerprint density at radius 3 is 2.12 bits per heavy atom. The highest BCUT2D eigenvalue weighted by Crippen LogP contribution is 2.30. The molecule has 3 aromatic rings. The molecule has 0 bridgehead atoms. The van der Waals surface area contributed by atoms with Crippen LogP contribution >= 0.6 is 11.3 Å². The van der Waals surface area contributed by atoms with Crippen LogP contribution in [0, 0.1) is 0 Å². The number of rotatable bonds is 6. The zero-order chi connectivity index (χ0) is 18.7. The van der Waals surface area contributed by atoms with Gasteiger partial charge in [0.2, 0.25) is 10.0 Å². The smallest absolute Gasteiger partial charge is 0.243 e. The molecule has 0 atom stereocenters. The van der Waals surface area contributed by atoms with E-state index in [0.29, 0.717) is 18.0 Å². The second kappa shape index (κ2) is 7.57. The van der Waals surface area contributed by atoms with Crippen molar-refractivity contribution in [2.75, 3.05) is 13.1 Å². The molecule has 3 rings (SSSR count). The summed E-state index contributed by atoms with van der Waals surface area (Å²) in [6, 6.07) is 13.7. The Hall–Kier alpha value is -2.22. The van der Waals surface area contributed by atoms with Crippen molar-refractivity contribution in [1.29, 1.82) is 0 Å². The third kappa shape index (κ3) is 3.65. The average molecular weight is 389 g/mol. The van der Waals surface area contributed by atoms with Crippen LogP contribution in [0.2, 0.25) is 0 Å². The Morgan fingerprint density at radius 1 is 0.962 bits per heavy atom. The molecule has 0 spiro atoms. The van der Waals surface area contributed by atoms with Crippen LogP contribution in [0.4, 0.5) is 0 Å². The molecule has 26 heavy (non-hydrogen) atoms. The SMILES string of the molecule is CCN(CC)S(=O)(=O)c1ccc(-c2csc(-c3ccc(O)cc3)n2)cc1. The van der Waals surface area contributed by atoms with Gasteiger partial charge in [0.1, 0.15) is 10.8 Å². The number of aromatic nitrogens is 1. The van der Waals surface area contributed by atoms with Gasteiger partial charge < -0.3 is 5.11 Å². The van der Waals surface area contributed by atoms with Crippen LogP contribution in [-0.4, -0.2) is 35.9 Å². The fourth-order valence-electron chi connectivity index (χ4n) is 2.65. The summed E-state index contributed by atoms with van der Waals surface area (Å²) in [5, 5.41) is 12.2. The largest absolute Gasteiger partial charge is 0.508 e. The van der Waals surface area contributed by atoms with Crippen molar-refractivity contribution >= 4 is 21.4 Å². The minimum Gasteiger partial charge on any atom is -0.508 e. The van der Waals surface area contributed by atoms with E-state index < -0.39 is 10.0 Å². The number of thiazole rings is 1. The molecule has 0 radical (unpaired) electrons. The van der Waals surface area contributed by atoms with Crippen LogP contribution in [0.5, 0.6) is 5.75 Å². The standard InChI is InChI=1S/C19H20N2O3S2/c1-3-21(4-2)26(23,24)17-11-7-14(8-12-17)18-13-25-19(20-18)15-5-9-16(22)10-6-15/h5-13,22H,3-4H2,1-2H3. The van der Waals surface area contributed by atoms with E-state index in [9.17, 15) is 13.5 Å². The molecule has 136 valence electrons. The summed E-state index contributed by atoms with van der Waals surface area (Å²) in [6.45, 7) is 4.55. The van der Waals surface area contributed by atoms with Gasteiger partial charge in [-0.1, -0.05) is 26.0 Å². The van der Waals surface area contributed by atoms with E-state index in [2.05, 4.69) is 4.98 Å². The Bertz CT molecular complexity index is 974. The van der Waals surface area contributed by atoms with Gasteiger partial charge in [-0.25, -0.2) is 13.4 Å². The first-order valence-electron chi connectivity index (χ1n) is 8.31. The lowest BCUT2D eigenvalue weighted by molar-refractivity contribution is 0.445. The van der Waals surface area contributed by atoms with E-state index >= 15 is 0 Å². The maximum Gasteiger partial charge on any atom is 0.243 e. The molecule has 2 aromatic carbocycles. The summed E-state index contributed by atoms with van der Waals surface area (Å²) in [5.74, 6) is 0.218. The number of benzene rings is 2. The van der Waals surface area contributed by atoms with E-state index in [-0.39, 0.29) is 5.75 Å². The molecule has 0 aliphatic rings. The molecule has 1 aromatic heterocycles. The summed E-state index contributed by atoms with van der Waals surface area (Å²) in [7, 11) is -3.45. The number of nitrogens with zero attached hydrogens (tertiary/aromatic N) is 2. The predicted molar refractivity (Wildman–Crippen MR) is 105 cm³/mol. The van der Waals surface area contributed by atoms with Crippen molar-refractivity contribution < 1.29 is 13.5 Å². The lowest BCUT2D eigenvalue weighted by atomic mass is 10.2. The maximum absolute atomic E-state index is 12.6. The topological polar surface area (TPSA) is 70.5 Å². The zero-order valence-electron chi connectivity index (χ0n) is 14.6. The van der Waals surface area contributed by atoms with Crippen LogP contribution < -0.4 is 0 Å². The van der Waals surface area contributed by atoms with Gasteiger partial charge in [-0.05, 0) is 36.4 Å². The molecular weight excluding hydrogens is 368 g/mol. The van der Waals surface area contributed by atoms with Crippen LogP contribution in [0.25, 0.3) is 21.8 Å². The molecule has 0 saturated carbocycles.